The van der Waals surface area contributed by atoms with Crippen LogP contribution in [0.2, 0.25) is 0 Å². The molecule has 1 aliphatic rings. The van der Waals surface area contributed by atoms with Crippen LogP contribution in [0.5, 0.6) is 11.5 Å². The first-order valence-corrected chi connectivity index (χ1v) is 9.91. The van der Waals surface area contributed by atoms with Crippen LogP contribution in [0, 0.1) is 10.1 Å². The van der Waals surface area contributed by atoms with Crippen LogP contribution in [0.25, 0.3) is 0 Å². The van der Waals surface area contributed by atoms with Crippen molar-refractivity contribution in [2.75, 3.05) is 26.3 Å². The molecule has 0 saturated carbocycles. The minimum Gasteiger partial charge on any atom is -0.450 e. The van der Waals surface area contributed by atoms with Gasteiger partial charge in [-0.1, -0.05) is 22.0 Å². The third-order valence-electron chi connectivity index (χ3n) is 3.76. The topological polar surface area (TPSA) is 99.0 Å². The van der Waals surface area contributed by atoms with Gasteiger partial charge in [0.25, 0.3) is 0 Å². The van der Waals surface area contributed by atoms with Gasteiger partial charge in [0, 0.05) is 23.6 Å². The van der Waals surface area contributed by atoms with E-state index in [1.165, 1.54) is 16.4 Å². The van der Waals surface area contributed by atoms with E-state index in [4.69, 9.17) is 9.47 Å². The van der Waals surface area contributed by atoms with E-state index in [9.17, 15) is 18.5 Å². The van der Waals surface area contributed by atoms with Crippen molar-refractivity contribution in [1.82, 2.24) is 4.31 Å². The first kappa shape index (κ1) is 18.8. The van der Waals surface area contributed by atoms with Crippen molar-refractivity contribution in [1.29, 1.82) is 0 Å². The first-order valence-electron chi connectivity index (χ1n) is 7.68. The Kier molecular flexibility index (Phi) is 5.56. The molecule has 0 bridgehead atoms. The number of rotatable bonds is 5. The summed E-state index contributed by atoms with van der Waals surface area (Å²) in [4.78, 5) is 10.6. The van der Waals surface area contributed by atoms with Gasteiger partial charge in [-0.2, -0.15) is 4.31 Å². The summed E-state index contributed by atoms with van der Waals surface area (Å²) in [5, 5.41) is 11.4. The fourth-order valence-corrected chi connectivity index (χ4v) is 4.29. The zero-order valence-corrected chi connectivity index (χ0v) is 15.9. The smallest absolute Gasteiger partial charge is 0.312 e. The Bertz CT molecular complexity index is 928. The Morgan fingerprint density at radius 1 is 1.15 bits per heavy atom. The lowest BCUT2D eigenvalue weighted by Gasteiger charge is -2.26. The molecule has 0 aliphatic carbocycles. The van der Waals surface area contributed by atoms with Crippen molar-refractivity contribution in [3.8, 4) is 11.5 Å². The normalized spacial score (nSPS) is 15.6. The Hall–Kier alpha value is -2.01. The summed E-state index contributed by atoms with van der Waals surface area (Å²) in [5.41, 5.74) is -0.417. The molecule has 2 aromatic carbocycles. The third kappa shape index (κ3) is 4.04. The van der Waals surface area contributed by atoms with Gasteiger partial charge in [-0.25, -0.2) is 8.42 Å². The Balaban J connectivity index is 1.95. The molecule has 0 amide bonds. The minimum atomic E-state index is -3.83. The summed E-state index contributed by atoms with van der Waals surface area (Å²) in [6, 6.07) is 10.5. The molecule has 1 heterocycles. The van der Waals surface area contributed by atoms with Crippen LogP contribution >= 0.6 is 15.9 Å². The van der Waals surface area contributed by atoms with Crippen molar-refractivity contribution in [2.45, 2.75) is 4.90 Å². The van der Waals surface area contributed by atoms with Gasteiger partial charge in [-0.05, 0) is 30.3 Å². The molecule has 1 fully saturated rings. The average molecular weight is 443 g/mol. The highest BCUT2D eigenvalue weighted by atomic mass is 79.9. The highest BCUT2D eigenvalue weighted by Gasteiger charge is 2.29. The van der Waals surface area contributed by atoms with Crippen molar-refractivity contribution in [3.05, 3.63) is 57.1 Å². The summed E-state index contributed by atoms with van der Waals surface area (Å²) in [6.45, 7) is 1.02. The number of ether oxygens (including phenoxy) is 2. The standard InChI is InChI=1S/C16H15BrN2O6S/c17-12-2-1-3-13(10-12)25-16-5-4-14(11-15(16)19(20)21)26(22,23)18-6-8-24-9-7-18/h1-5,10-11H,6-9H2. The van der Waals surface area contributed by atoms with Crippen LogP contribution in [-0.4, -0.2) is 43.9 Å². The predicted molar refractivity (Wildman–Crippen MR) is 96.9 cm³/mol. The largest absolute Gasteiger partial charge is 0.450 e. The van der Waals surface area contributed by atoms with Gasteiger partial charge in [-0.15, -0.1) is 0 Å². The molecular weight excluding hydrogens is 428 g/mol. The predicted octanol–water partition coefficient (Wildman–Crippen LogP) is 3.17. The van der Waals surface area contributed by atoms with Crippen LogP contribution in [0.4, 0.5) is 5.69 Å². The summed E-state index contributed by atoms with van der Waals surface area (Å²) in [5.74, 6) is 0.361. The number of halogens is 1. The van der Waals surface area contributed by atoms with E-state index < -0.39 is 20.6 Å². The monoisotopic (exact) mass is 442 g/mol. The van der Waals surface area contributed by atoms with E-state index in [1.807, 2.05) is 0 Å². The van der Waals surface area contributed by atoms with Gasteiger partial charge in [0.05, 0.1) is 23.0 Å². The van der Waals surface area contributed by atoms with E-state index in [-0.39, 0.29) is 23.7 Å². The number of hydrogen-bond donors (Lipinski definition) is 0. The molecule has 10 heteroatoms. The molecular formula is C16H15BrN2O6S. The lowest BCUT2D eigenvalue weighted by atomic mass is 10.3. The van der Waals surface area contributed by atoms with E-state index in [0.29, 0.717) is 19.0 Å². The molecule has 3 rings (SSSR count). The molecule has 0 unspecified atom stereocenters. The molecule has 2 aromatic rings. The lowest BCUT2D eigenvalue weighted by molar-refractivity contribution is -0.385. The molecule has 0 radical (unpaired) electrons. The molecule has 138 valence electrons. The third-order valence-corrected chi connectivity index (χ3v) is 6.15. The summed E-state index contributed by atoms with van der Waals surface area (Å²) >= 11 is 3.30. The SMILES string of the molecule is O=[N+]([O-])c1cc(S(=O)(=O)N2CCOCC2)ccc1Oc1cccc(Br)c1. The molecule has 0 aromatic heterocycles. The number of sulfonamides is 1. The van der Waals surface area contributed by atoms with Crippen molar-refractivity contribution >= 4 is 31.6 Å². The van der Waals surface area contributed by atoms with Gasteiger partial charge >= 0.3 is 5.69 Å². The number of nitrogens with zero attached hydrogens (tertiary/aromatic N) is 2. The fourth-order valence-electron chi connectivity index (χ4n) is 2.48. The Morgan fingerprint density at radius 3 is 2.54 bits per heavy atom. The van der Waals surface area contributed by atoms with Crippen molar-refractivity contribution < 1.29 is 22.8 Å². The van der Waals surface area contributed by atoms with Crippen LogP contribution in [0.15, 0.2) is 51.8 Å². The van der Waals surface area contributed by atoms with Gasteiger partial charge in [0.15, 0.2) is 0 Å². The van der Waals surface area contributed by atoms with E-state index in [2.05, 4.69) is 15.9 Å². The van der Waals surface area contributed by atoms with Gasteiger partial charge < -0.3 is 9.47 Å². The zero-order valence-electron chi connectivity index (χ0n) is 13.5. The second-order valence-electron chi connectivity index (χ2n) is 5.46. The van der Waals surface area contributed by atoms with Crippen LogP contribution < -0.4 is 4.74 Å². The maximum absolute atomic E-state index is 12.7. The molecule has 1 aliphatic heterocycles. The molecule has 0 spiro atoms. The average Bonchev–Trinajstić information content (AvgIpc) is 2.62. The number of nitro groups is 1. The lowest BCUT2D eigenvalue weighted by Crippen LogP contribution is -2.40. The number of hydrogen-bond acceptors (Lipinski definition) is 6. The molecule has 0 N–H and O–H groups in total. The van der Waals surface area contributed by atoms with Crippen LogP contribution in [-0.2, 0) is 14.8 Å². The van der Waals surface area contributed by atoms with Crippen molar-refractivity contribution in [3.63, 3.8) is 0 Å². The van der Waals surface area contributed by atoms with E-state index >= 15 is 0 Å². The van der Waals surface area contributed by atoms with Crippen LogP contribution in [0.3, 0.4) is 0 Å². The highest BCUT2D eigenvalue weighted by Crippen LogP contribution is 2.34. The van der Waals surface area contributed by atoms with Gasteiger partial charge in [0.1, 0.15) is 5.75 Å². The van der Waals surface area contributed by atoms with Gasteiger partial charge in [-0.3, -0.25) is 10.1 Å². The molecule has 8 nitrogen and oxygen atoms in total. The molecule has 1 saturated heterocycles. The second-order valence-corrected chi connectivity index (χ2v) is 8.32. The highest BCUT2D eigenvalue weighted by molar-refractivity contribution is 9.10. The summed E-state index contributed by atoms with van der Waals surface area (Å²) < 4.78 is 38.1. The Labute approximate surface area is 158 Å². The van der Waals surface area contributed by atoms with E-state index in [1.54, 1.807) is 24.3 Å². The Morgan fingerprint density at radius 2 is 1.88 bits per heavy atom. The number of morpholine rings is 1. The summed E-state index contributed by atoms with van der Waals surface area (Å²) in [7, 11) is -3.83. The minimum absolute atomic E-state index is 0.0333. The summed E-state index contributed by atoms with van der Waals surface area (Å²) in [6.07, 6.45) is 0. The van der Waals surface area contributed by atoms with E-state index in [0.717, 1.165) is 10.5 Å². The maximum atomic E-state index is 12.7. The fraction of sp³-hybridized carbons (Fsp3) is 0.250. The zero-order chi connectivity index (χ0) is 18.7. The quantitative estimate of drug-likeness (QED) is 0.520. The number of nitro benzene ring substituents is 1. The first-order chi connectivity index (χ1) is 12.4. The molecule has 26 heavy (non-hydrogen) atoms. The van der Waals surface area contributed by atoms with Crippen molar-refractivity contribution in [2.24, 2.45) is 0 Å². The van der Waals surface area contributed by atoms with Crippen LogP contribution in [0.1, 0.15) is 0 Å². The second kappa shape index (κ2) is 7.70. The molecule has 0 atom stereocenters. The maximum Gasteiger partial charge on any atom is 0.312 e. The number of benzene rings is 2. The van der Waals surface area contributed by atoms with Gasteiger partial charge in [0.2, 0.25) is 15.8 Å².